The van der Waals surface area contributed by atoms with E-state index in [1.165, 1.54) is 6.26 Å². The molecule has 2 aromatic heterocycles. The van der Waals surface area contributed by atoms with Gasteiger partial charge in [0.2, 0.25) is 0 Å². The average molecular weight is 360 g/mol. The molecule has 0 fully saturated rings. The van der Waals surface area contributed by atoms with Gasteiger partial charge in [0.15, 0.2) is 11.6 Å². The molecule has 2 aromatic carbocycles. The van der Waals surface area contributed by atoms with Gasteiger partial charge in [0, 0.05) is 18.4 Å². The third-order valence-corrected chi connectivity index (χ3v) is 4.13. The molecule has 27 heavy (non-hydrogen) atoms. The fourth-order valence-electron chi connectivity index (χ4n) is 2.73. The van der Waals surface area contributed by atoms with Gasteiger partial charge >= 0.3 is 0 Å². The highest BCUT2D eigenvalue weighted by molar-refractivity contribution is 6.02. The topological polar surface area (TPSA) is 89.2 Å². The molecule has 0 aliphatic carbocycles. The van der Waals surface area contributed by atoms with Gasteiger partial charge in [-0.1, -0.05) is 12.1 Å². The second kappa shape index (κ2) is 6.80. The molecule has 0 aliphatic heterocycles. The van der Waals surface area contributed by atoms with Crippen molar-refractivity contribution >= 4 is 34.1 Å². The Morgan fingerprint density at radius 3 is 2.48 bits per heavy atom. The first-order valence-corrected chi connectivity index (χ1v) is 8.29. The summed E-state index contributed by atoms with van der Waals surface area (Å²) < 4.78 is 6.62. The third-order valence-electron chi connectivity index (χ3n) is 4.13. The standard InChI is InChI=1S/C20H16N4O3/c1-24-16-6-3-2-5-15(16)23-18(20(24)26)21-13-8-10-14(11-9-13)22-19(25)17-7-4-12-27-17/h2-12H,1H3,(H,21,23)(H,22,25). The summed E-state index contributed by atoms with van der Waals surface area (Å²) in [5, 5.41) is 5.78. The molecular formula is C20H16N4O3. The molecule has 134 valence electrons. The number of aryl methyl sites for hydroxylation is 1. The Labute approximate surface area is 154 Å². The number of hydrogen-bond acceptors (Lipinski definition) is 5. The van der Waals surface area contributed by atoms with E-state index < -0.39 is 0 Å². The summed E-state index contributed by atoms with van der Waals surface area (Å²) in [7, 11) is 1.71. The fraction of sp³-hybridized carbons (Fsp3) is 0.0500. The molecule has 7 nitrogen and oxygen atoms in total. The number of aromatic nitrogens is 2. The van der Waals surface area contributed by atoms with E-state index >= 15 is 0 Å². The van der Waals surface area contributed by atoms with Crippen LogP contribution >= 0.6 is 0 Å². The van der Waals surface area contributed by atoms with Gasteiger partial charge in [0.05, 0.1) is 17.3 Å². The van der Waals surface area contributed by atoms with Crippen LogP contribution in [0.15, 0.2) is 76.1 Å². The predicted molar refractivity (Wildman–Crippen MR) is 103 cm³/mol. The minimum absolute atomic E-state index is 0.219. The first-order chi connectivity index (χ1) is 13.1. The number of carbonyl (C=O) groups excluding carboxylic acids is 1. The van der Waals surface area contributed by atoms with Crippen LogP contribution < -0.4 is 16.2 Å². The number of fused-ring (bicyclic) bond motifs is 1. The van der Waals surface area contributed by atoms with E-state index in [4.69, 9.17) is 4.42 Å². The molecule has 7 heteroatoms. The van der Waals surface area contributed by atoms with Gasteiger partial charge in [-0.05, 0) is 48.5 Å². The Balaban J connectivity index is 1.55. The summed E-state index contributed by atoms with van der Waals surface area (Å²) in [5.74, 6) is 0.149. The Morgan fingerprint density at radius 1 is 1.00 bits per heavy atom. The Hall–Kier alpha value is -3.87. The van der Waals surface area contributed by atoms with Crippen molar-refractivity contribution in [3.05, 3.63) is 83.0 Å². The van der Waals surface area contributed by atoms with E-state index in [0.717, 1.165) is 11.0 Å². The normalized spacial score (nSPS) is 10.7. The van der Waals surface area contributed by atoms with Crippen molar-refractivity contribution in [3.8, 4) is 0 Å². The van der Waals surface area contributed by atoms with Crippen LogP contribution in [0.4, 0.5) is 17.2 Å². The van der Waals surface area contributed by atoms with Crippen molar-refractivity contribution in [2.45, 2.75) is 0 Å². The van der Waals surface area contributed by atoms with Crippen molar-refractivity contribution in [2.75, 3.05) is 10.6 Å². The van der Waals surface area contributed by atoms with Crippen molar-refractivity contribution in [1.82, 2.24) is 9.55 Å². The number of carbonyl (C=O) groups is 1. The lowest BCUT2D eigenvalue weighted by molar-refractivity contribution is 0.0996. The van der Waals surface area contributed by atoms with Gasteiger partial charge in [-0.25, -0.2) is 4.98 Å². The summed E-state index contributed by atoms with van der Waals surface area (Å²) in [6, 6.07) is 17.7. The van der Waals surface area contributed by atoms with Crippen LogP contribution in [0.25, 0.3) is 11.0 Å². The van der Waals surface area contributed by atoms with Crippen LogP contribution in [-0.4, -0.2) is 15.5 Å². The van der Waals surface area contributed by atoms with Gasteiger partial charge in [0.1, 0.15) is 0 Å². The molecule has 2 N–H and O–H groups in total. The van der Waals surface area contributed by atoms with Crippen molar-refractivity contribution in [1.29, 1.82) is 0 Å². The molecule has 0 atom stereocenters. The number of hydrogen-bond donors (Lipinski definition) is 2. The number of nitrogens with one attached hydrogen (secondary N) is 2. The average Bonchev–Trinajstić information content (AvgIpc) is 3.22. The predicted octanol–water partition coefficient (Wildman–Crippen LogP) is 3.52. The van der Waals surface area contributed by atoms with Gasteiger partial charge in [-0.3, -0.25) is 9.59 Å². The number of para-hydroxylation sites is 2. The molecular weight excluding hydrogens is 344 g/mol. The van der Waals surface area contributed by atoms with E-state index in [9.17, 15) is 9.59 Å². The van der Waals surface area contributed by atoms with Crippen molar-refractivity contribution in [2.24, 2.45) is 7.05 Å². The molecule has 4 rings (SSSR count). The van der Waals surface area contributed by atoms with Gasteiger partial charge in [-0.2, -0.15) is 0 Å². The highest BCUT2D eigenvalue weighted by atomic mass is 16.3. The zero-order valence-corrected chi connectivity index (χ0v) is 14.5. The van der Waals surface area contributed by atoms with Crippen LogP contribution in [0.2, 0.25) is 0 Å². The highest BCUT2D eigenvalue weighted by Crippen LogP contribution is 2.18. The van der Waals surface area contributed by atoms with Gasteiger partial charge in [-0.15, -0.1) is 0 Å². The van der Waals surface area contributed by atoms with Crippen molar-refractivity contribution in [3.63, 3.8) is 0 Å². The lowest BCUT2D eigenvalue weighted by Crippen LogP contribution is -2.21. The second-order valence-corrected chi connectivity index (χ2v) is 5.95. The molecule has 0 unspecified atom stereocenters. The number of benzene rings is 2. The summed E-state index contributed by atoms with van der Waals surface area (Å²) in [6.45, 7) is 0. The molecule has 0 aliphatic rings. The molecule has 0 radical (unpaired) electrons. The highest BCUT2D eigenvalue weighted by Gasteiger charge is 2.10. The van der Waals surface area contributed by atoms with E-state index in [-0.39, 0.29) is 23.0 Å². The maximum absolute atomic E-state index is 12.5. The largest absolute Gasteiger partial charge is 0.459 e. The van der Waals surface area contributed by atoms with E-state index in [1.807, 2.05) is 24.3 Å². The summed E-state index contributed by atoms with van der Waals surface area (Å²) >= 11 is 0. The smallest absolute Gasteiger partial charge is 0.293 e. The van der Waals surface area contributed by atoms with Crippen LogP contribution in [-0.2, 0) is 7.05 Å². The molecule has 0 bridgehead atoms. The van der Waals surface area contributed by atoms with Crippen LogP contribution in [0, 0.1) is 0 Å². The first-order valence-electron chi connectivity index (χ1n) is 8.29. The van der Waals surface area contributed by atoms with E-state index in [2.05, 4.69) is 15.6 Å². The monoisotopic (exact) mass is 360 g/mol. The molecule has 0 saturated carbocycles. The van der Waals surface area contributed by atoms with Gasteiger partial charge in [0.25, 0.3) is 11.5 Å². The summed E-state index contributed by atoms with van der Waals surface area (Å²) in [6.07, 6.45) is 1.44. The Kier molecular flexibility index (Phi) is 4.18. The zero-order chi connectivity index (χ0) is 18.8. The first kappa shape index (κ1) is 16.6. The van der Waals surface area contributed by atoms with Crippen LogP contribution in [0.3, 0.4) is 0 Å². The van der Waals surface area contributed by atoms with Crippen LogP contribution in [0.1, 0.15) is 10.6 Å². The number of amides is 1. The van der Waals surface area contributed by atoms with E-state index in [1.54, 1.807) is 48.0 Å². The Morgan fingerprint density at radius 2 is 1.74 bits per heavy atom. The Bertz CT molecular complexity index is 1160. The number of anilines is 3. The summed E-state index contributed by atoms with van der Waals surface area (Å²) in [4.78, 5) is 28.9. The maximum Gasteiger partial charge on any atom is 0.293 e. The molecule has 1 amide bonds. The molecule has 0 saturated heterocycles. The lowest BCUT2D eigenvalue weighted by Gasteiger charge is -2.10. The van der Waals surface area contributed by atoms with Crippen LogP contribution in [0.5, 0.6) is 0 Å². The zero-order valence-electron chi connectivity index (χ0n) is 14.5. The quantitative estimate of drug-likeness (QED) is 0.581. The number of furan rings is 1. The molecule has 4 aromatic rings. The maximum atomic E-state index is 12.5. The number of rotatable bonds is 4. The minimum atomic E-state index is -0.328. The molecule has 0 spiro atoms. The second-order valence-electron chi connectivity index (χ2n) is 5.95. The lowest BCUT2D eigenvalue weighted by atomic mass is 10.2. The minimum Gasteiger partial charge on any atom is -0.459 e. The molecule has 2 heterocycles. The van der Waals surface area contributed by atoms with Crippen molar-refractivity contribution < 1.29 is 9.21 Å². The number of nitrogens with zero attached hydrogens (tertiary/aromatic N) is 2. The third kappa shape index (κ3) is 3.30. The van der Waals surface area contributed by atoms with E-state index in [0.29, 0.717) is 11.4 Å². The summed E-state index contributed by atoms with van der Waals surface area (Å²) in [5.41, 5.74) is 2.57. The SMILES string of the molecule is Cn1c(=O)c(Nc2ccc(NC(=O)c3ccco3)cc2)nc2ccccc21. The van der Waals surface area contributed by atoms with Gasteiger partial charge < -0.3 is 19.6 Å². The fourth-order valence-corrected chi connectivity index (χ4v) is 2.73.